The van der Waals surface area contributed by atoms with E-state index in [9.17, 15) is 37.4 Å². The number of anilines is 1. The number of benzene rings is 2. The van der Waals surface area contributed by atoms with Gasteiger partial charge in [0.1, 0.15) is 10.5 Å². The van der Waals surface area contributed by atoms with Crippen LogP contribution < -0.4 is 5.32 Å². The van der Waals surface area contributed by atoms with Gasteiger partial charge in [0.25, 0.3) is 5.91 Å². The minimum Gasteiger partial charge on any atom is -0.322 e. The monoisotopic (exact) mass is 598 g/mol. The number of fused-ring (bicyclic) bond motifs is 1. The van der Waals surface area contributed by atoms with Crippen molar-refractivity contribution in [3.05, 3.63) is 96.1 Å². The van der Waals surface area contributed by atoms with Crippen LogP contribution in [0, 0.1) is 11.3 Å². The van der Waals surface area contributed by atoms with Crippen LogP contribution in [0.15, 0.2) is 84.3 Å². The number of rotatable bonds is 5. The van der Waals surface area contributed by atoms with Crippen LogP contribution >= 0.6 is 10.2 Å². The van der Waals surface area contributed by atoms with Crippen molar-refractivity contribution in [2.45, 2.75) is 11.1 Å². The summed E-state index contributed by atoms with van der Waals surface area (Å²) in [5, 5.41) is 15.4. The highest BCUT2D eigenvalue weighted by atomic mass is 32.5. The molecule has 1 N–H and O–H groups in total. The van der Waals surface area contributed by atoms with E-state index in [-0.39, 0.29) is 23.5 Å². The van der Waals surface area contributed by atoms with Gasteiger partial charge in [0, 0.05) is 47.7 Å². The molecule has 0 fully saturated rings. The smallest absolute Gasteiger partial charge is 0.322 e. The van der Waals surface area contributed by atoms with Crippen LogP contribution in [0.4, 0.5) is 38.3 Å². The molecular weight excluding hydrogens is 584 g/mol. The summed E-state index contributed by atoms with van der Waals surface area (Å²) >= 11 is 0. The third-order valence-electron chi connectivity index (χ3n) is 5.84. The molecule has 41 heavy (non-hydrogen) atoms. The lowest BCUT2D eigenvalue weighted by atomic mass is 10.1. The van der Waals surface area contributed by atoms with E-state index in [4.69, 9.17) is 5.26 Å². The summed E-state index contributed by atoms with van der Waals surface area (Å²) in [6, 6.07) is 8.97. The fourth-order valence-corrected chi connectivity index (χ4v) is 4.71. The number of imidazole rings is 1. The molecule has 0 radical (unpaired) electrons. The summed E-state index contributed by atoms with van der Waals surface area (Å²) in [5.41, 5.74) is -2.52. The van der Waals surface area contributed by atoms with Crippen LogP contribution in [0.3, 0.4) is 0 Å². The van der Waals surface area contributed by atoms with Gasteiger partial charge < -0.3 is 5.32 Å². The summed E-state index contributed by atoms with van der Waals surface area (Å²) in [6.45, 7) is 0. The van der Waals surface area contributed by atoms with Crippen LogP contribution in [0.25, 0.3) is 22.6 Å². The zero-order valence-corrected chi connectivity index (χ0v) is 20.9. The molecule has 212 valence electrons. The molecule has 0 bridgehead atoms. The summed E-state index contributed by atoms with van der Waals surface area (Å²) in [4.78, 5) is 14.3. The van der Waals surface area contributed by atoms with E-state index >= 15 is 0 Å². The molecule has 5 rings (SSSR count). The Kier molecular flexibility index (Phi) is 5.76. The second kappa shape index (κ2) is 8.54. The maximum absolute atomic E-state index is 13.9. The van der Waals surface area contributed by atoms with Crippen molar-refractivity contribution >= 4 is 27.5 Å². The van der Waals surface area contributed by atoms with Crippen LogP contribution in [0.5, 0.6) is 0 Å². The first-order chi connectivity index (χ1) is 18.9. The van der Waals surface area contributed by atoms with Gasteiger partial charge in [0.2, 0.25) is 0 Å². The highest BCUT2D eigenvalue weighted by Crippen LogP contribution is 3.02. The zero-order chi connectivity index (χ0) is 29.9. The Balaban J connectivity index is 1.57. The molecule has 5 aromatic rings. The number of carbonyl (C=O) groups is 1. The van der Waals surface area contributed by atoms with Crippen molar-refractivity contribution < 1.29 is 37.4 Å². The molecule has 0 saturated heterocycles. The number of amides is 1. The normalized spacial score (nSPS) is 13.8. The van der Waals surface area contributed by atoms with E-state index in [0.717, 1.165) is 16.7 Å². The number of hydrogen-bond donors (Lipinski definition) is 1. The first kappa shape index (κ1) is 27.6. The van der Waals surface area contributed by atoms with Gasteiger partial charge in [-0.1, -0.05) is 19.4 Å². The van der Waals surface area contributed by atoms with Crippen LogP contribution in [-0.2, 0) is 6.18 Å². The molecule has 3 aromatic heterocycles. The highest BCUT2D eigenvalue weighted by molar-refractivity contribution is 8.45. The van der Waals surface area contributed by atoms with Gasteiger partial charge in [-0.15, -0.1) is 0 Å². The largest absolute Gasteiger partial charge is 0.418 e. The lowest BCUT2D eigenvalue weighted by Crippen LogP contribution is -2.16. The van der Waals surface area contributed by atoms with Crippen molar-refractivity contribution in [2.24, 2.45) is 0 Å². The molecule has 0 aliphatic rings. The van der Waals surface area contributed by atoms with Crippen molar-refractivity contribution in [1.82, 2.24) is 19.2 Å². The third kappa shape index (κ3) is 5.57. The minimum absolute atomic E-state index is 0.0861. The topological polar surface area (TPSA) is 88.0 Å². The average Bonchev–Trinajstić information content (AvgIpc) is 3.48. The zero-order valence-electron chi connectivity index (χ0n) is 20.1. The highest BCUT2D eigenvalue weighted by Gasteiger charge is 2.65. The Morgan fingerprint density at radius 3 is 2.37 bits per heavy atom. The molecule has 0 atom stereocenters. The maximum atomic E-state index is 13.9. The molecule has 0 unspecified atom stereocenters. The van der Waals surface area contributed by atoms with Crippen LogP contribution in [0.2, 0.25) is 0 Å². The number of carbonyl (C=O) groups excluding carboxylic acids is 1. The van der Waals surface area contributed by atoms with Gasteiger partial charge in [0.15, 0.2) is 0 Å². The first-order valence-corrected chi connectivity index (χ1v) is 13.2. The van der Waals surface area contributed by atoms with Crippen LogP contribution in [-0.4, -0.2) is 25.1 Å². The van der Waals surface area contributed by atoms with E-state index < -0.39 is 49.6 Å². The van der Waals surface area contributed by atoms with Crippen molar-refractivity contribution in [2.75, 3.05) is 5.32 Å². The number of pyridine rings is 1. The number of nitrogens with one attached hydrogen (secondary N) is 1. The Labute approximate surface area is 225 Å². The van der Waals surface area contributed by atoms with E-state index in [1.165, 1.54) is 41.4 Å². The minimum atomic E-state index is -10.3. The van der Waals surface area contributed by atoms with E-state index in [2.05, 4.69) is 15.4 Å². The van der Waals surface area contributed by atoms with Gasteiger partial charge in [-0.2, -0.15) is 23.5 Å². The second-order valence-corrected chi connectivity index (χ2v) is 11.2. The Morgan fingerprint density at radius 2 is 1.73 bits per heavy atom. The van der Waals surface area contributed by atoms with Crippen molar-refractivity contribution in [3.8, 4) is 23.0 Å². The summed E-state index contributed by atoms with van der Waals surface area (Å²) < 4.78 is 111. The first-order valence-electron chi connectivity index (χ1n) is 11.2. The summed E-state index contributed by atoms with van der Waals surface area (Å²) in [6.07, 6.45) is 0.843. The molecule has 3 heterocycles. The van der Waals surface area contributed by atoms with Crippen LogP contribution in [0.1, 0.15) is 21.5 Å². The standard InChI is InChI=1S/C25H14F8N6OS/c26-25(27,28)20-4-3-18(36-24(40)17-8-15(13-34)9-19(10-17)41(29,30,31,32)33)11-22(20)38-6-7-39-23(38)12-21(37-39)16-2-1-5-35-14-16/h1-12,14H,(H,36,40). The lowest BCUT2D eigenvalue weighted by Gasteiger charge is -2.40. The second-order valence-electron chi connectivity index (χ2n) is 8.75. The number of alkyl halides is 3. The van der Waals surface area contributed by atoms with Gasteiger partial charge in [-0.3, -0.25) is 14.3 Å². The lowest BCUT2D eigenvalue weighted by molar-refractivity contribution is -0.137. The Bertz CT molecular complexity index is 1870. The summed E-state index contributed by atoms with van der Waals surface area (Å²) in [7, 11) is -10.3. The Hall–Kier alpha value is -4.91. The number of nitrogens with zero attached hydrogens (tertiary/aromatic N) is 5. The molecule has 2 aromatic carbocycles. The predicted octanol–water partition coefficient (Wildman–Crippen LogP) is 7.99. The molecule has 1 amide bonds. The number of halogens is 8. The fraction of sp³-hybridized carbons (Fsp3) is 0.0400. The van der Waals surface area contributed by atoms with Gasteiger partial charge >= 0.3 is 16.4 Å². The molecule has 0 aliphatic heterocycles. The van der Waals surface area contributed by atoms with Gasteiger partial charge in [0.05, 0.1) is 28.6 Å². The number of nitriles is 1. The molecule has 0 saturated carbocycles. The van der Waals surface area contributed by atoms with E-state index in [1.807, 2.05) is 0 Å². The quantitative estimate of drug-likeness (QED) is 0.208. The molecule has 0 aliphatic carbocycles. The average molecular weight is 598 g/mol. The predicted molar refractivity (Wildman–Crippen MR) is 133 cm³/mol. The van der Waals surface area contributed by atoms with E-state index in [0.29, 0.717) is 23.4 Å². The number of hydrogen-bond acceptors (Lipinski definition) is 4. The summed E-state index contributed by atoms with van der Waals surface area (Å²) in [5.74, 6) is -1.36. The van der Waals surface area contributed by atoms with Gasteiger partial charge in [-0.05, 0) is 48.5 Å². The maximum Gasteiger partial charge on any atom is 0.418 e. The Morgan fingerprint density at radius 1 is 0.976 bits per heavy atom. The van der Waals surface area contributed by atoms with Crippen molar-refractivity contribution in [1.29, 1.82) is 5.26 Å². The molecular formula is C25H14F8N6OS. The van der Waals surface area contributed by atoms with Gasteiger partial charge in [-0.25, -0.2) is 4.52 Å². The van der Waals surface area contributed by atoms with E-state index in [1.54, 1.807) is 12.1 Å². The third-order valence-corrected chi connectivity index (χ3v) is 6.97. The molecule has 0 spiro atoms. The molecule has 7 nitrogen and oxygen atoms in total. The van der Waals surface area contributed by atoms with Crippen molar-refractivity contribution in [3.63, 3.8) is 0 Å². The number of aromatic nitrogens is 4. The fourth-order valence-electron chi connectivity index (χ4n) is 4.01. The molecule has 16 heteroatoms. The SMILES string of the molecule is N#Cc1cc(C(=O)Nc2ccc(C(F)(F)F)c(-n3ccn4nc(-c5cccnc5)cc34)c2)cc(S(F)(F)(F)(F)F)c1.